The third-order valence-corrected chi connectivity index (χ3v) is 4.25. The smallest absolute Gasteiger partial charge is 0.328 e. The molecule has 3 rings (SSSR count). The van der Waals surface area contributed by atoms with E-state index in [4.69, 9.17) is 32.7 Å². The lowest BCUT2D eigenvalue weighted by atomic mass is 10.1. The molecule has 0 bridgehead atoms. The molecule has 0 aliphatic carbocycles. The summed E-state index contributed by atoms with van der Waals surface area (Å²) >= 11 is 11.8. The first-order valence-corrected chi connectivity index (χ1v) is 9.39. The number of benzene rings is 2. The van der Waals surface area contributed by atoms with Crippen molar-refractivity contribution in [3.63, 3.8) is 0 Å². The molecule has 6 nitrogen and oxygen atoms in total. The van der Waals surface area contributed by atoms with Gasteiger partial charge in [0.2, 0.25) is 5.92 Å². The van der Waals surface area contributed by atoms with E-state index < -0.39 is 17.9 Å². The standard InChI is InChI=1S/C21H16Cl2N2O4/c22-16-11-17(23)25-19(24-16)18(20(26)28-12-14-7-3-1-4-8-14)21(27)29-13-15-9-5-2-6-10-15/h1-11,18H,12-13H2. The Bertz CT molecular complexity index is 909. The number of hydrogen-bond donors (Lipinski definition) is 0. The summed E-state index contributed by atoms with van der Waals surface area (Å²) in [5.41, 5.74) is 1.53. The topological polar surface area (TPSA) is 78.4 Å². The van der Waals surface area contributed by atoms with Crippen LogP contribution in [0.3, 0.4) is 0 Å². The third kappa shape index (κ3) is 6.01. The van der Waals surface area contributed by atoms with Crippen LogP contribution in [-0.4, -0.2) is 21.9 Å². The molecule has 3 aromatic rings. The van der Waals surface area contributed by atoms with E-state index in [1.807, 2.05) is 36.4 Å². The maximum Gasteiger partial charge on any atom is 0.328 e. The van der Waals surface area contributed by atoms with Crippen LogP contribution in [0.1, 0.15) is 22.9 Å². The molecule has 0 atom stereocenters. The molecule has 0 fully saturated rings. The van der Waals surface area contributed by atoms with E-state index in [0.717, 1.165) is 11.1 Å². The van der Waals surface area contributed by atoms with Crippen LogP contribution >= 0.6 is 23.2 Å². The Morgan fingerprint density at radius 2 is 1.17 bits per heavy atom. The van der Waals surface area contributed by atoms with E-state index in [0.29, 0.717) is 0 Å². The Kier molecular flexibility index (Phi) is 7.16. The van der Waals surface area contributed by atoms with Crippen molar-refractivity contribution in [2.45, 2.75) is 19.1 Å². The summed E-state index contributed by atoms with van der Waals surface area (Å²) in [6, 6.07) is 19.4. The predicted octanol–water partition coefficient (Wildman–Crippen LogP) is 4.35. The molecule has 2 aromatic carbocycles. The maximum absolute atomic E-state index is 12.7. The van der Waals surface area contributed by atoms with Gasteiger partial charge in [0.15, 0.2) is 5.82 Å². The molecular weight excluding hydrogens is 415 g/mol. The van der Waals surface area contributed by atoms with Gasteiger partial charge in [-0.3, -0.25) is 9.59 Å². The third-order valence-electron chi connectivity index (χ3n) is 3.86. The number of ether oxygens (including phenoxy) is 2. The van der Waals surface area contributed by atoms with Gasteiger partial charge >= 0.3 is 11.9 Å². The zero-order valence-corrected chi connectivity index (χ0v) is 16.6. The fraction of sp³-hybridized carbons (Fsp3) is 0.143. The minimum atomic E-state index is -1.52. The number of carbonyl (C=O) groups excluding carboxylic acids is 2. The number of aromatic nitrogens is 2. The number of esters is 2. The second-order valence-corrected chi connectivity index (χ2v) is 6.77. The number of halogens is 2. The van der Waals surface area contributed by atoms with Crippen molar-refractivity contribution in [2.24, 2.45) is 0 Å². The second kappa shape index (κ2) is 10.0. The zero-order chi connectivity index (χ0) is 20.6. The van der Waals surface area contributed by atoms with E-state index in [9.17, 15) is 9.59 Å². The molecule has 0 saturated heterocycles. The van der Waals surface area contributed by atoms with Crippen LogP contribution in [0.5, 0.6) is 0 Å². The highest BCUT2D eigenvalue weighted by Crippen LogP contribution is 2.22. The molecule has 1 heterocycles. The molecule has 0 aliphatic heterocycles. The molecule has 0 unspecified atom stereocenters. The number of carbonyl (C=O) groups is 2. The van der Waals surface area contributed by atoms with Crippen molar-refractivity contribution >= 4 is 35.1 Å². The quantitative estimate of drug-likeness (QED) is 0.314. The van der Waals surface area contributed by atoms with Gasteiger partial charge in [-0.1, -0.05) is 83.9 Å². The van der Waals surface area contributed by atoms with Gasteiger partial charge in [0.1, 0.15) is 23.5 Å². The molecule has 148 valence electrons. The maximum atomic E-state index is 12.7. The fourth-order valence-corrected chi connectivity index (χ4v) is 2.90. The summed E-state index contributed by atoms with van der Waals surface area (Å²) < 4.78 is 10.6. The first-order chi connectivity index (χ1) is 14.0. The normalized spacial score (nSPS) is 10.6. The van der Waals surface area contributed by atoms with Crippen LogP contribution < -0.4 is 0 Å². The summed E-state index contributed by atoms with van der Waals surface area (Å²) in [6.45, 7) is -0.0348. The van der Waals surface area contributed by atoms with Gasteiger partial charge in [-0.05, 0) is 11.1 Å². The lowest BCUT2D eigenvalue weighted by Crippen LogP contribution is -2.28. The Balaban J connectivity index is 1.78. The van der Waals surface area contributed by atoms with Crippen molar-refractivity contribution in [1.82, 2.24) is 9.97 Å². The van der Waals surface area contributed by atoms with Crippen molar-refractivity contribution in [1.29, 1.82) is 0 Å². The van der Waals surface area contributed by atoms with Crippen LogP contribution in [-0.2, 0) is 32.3 Å². The molecule has 0 spiro atoms. The Morgan fingerprint density at radius 3 is 1.59 bits per heavy atom. The largest absolute Gasteiger partial charge is 0.460 e. The first-order valence-electron chi connectivity index (χ1n) is 8.64. The van der Waals surface area contributed by atoms with Gasteiger partial charge < -0.3 is 9.47 Å². The van der Waals surface area contributed by atoms with Crippen LogP contribution in [0.4, 0.5) is 0 Å². The van der Waals surface area contributed by atoms with E-state index in [1.54, 1.807) is 24.3 Å². The summed E-state index contributed by atoms with van der Waals surface area (Å²) in [7, 11) is 0. The summed E-state index contributed by atoms with van der Waals surface area (Å²) in [4.78, 5) is 33.3. The molecule has 0 saturated carbocycles. The van der Waals surface area contributed by atoms with E-state index >= 15 is 0 Å². The Hall–Kier alpha value is -2.96. The van der Waals surface area contributed by atoms with Gasteiger partial charge in [0.05, 0.1) is 0 Å². The van der Waals surface area contributed by atoms with Gasteiger partial charge in [0, 0.05) is 6.07 Å². The van der Waals surface area contributed by atoms with E-state index in [-0.39, 0.29) is 29.3 Å². The van der Waals surface area contributed by atoms with E-state index in [2.05, 4.69) is 9.97 Å². The fourth-order valence-electron chi connectivity index (χ4n) is 2.47. The molecule has 0 amide bonds. The average Bonchev–Trinajstić information content (AvgIpc) is 2.72. The zero-order valence-electron chi connectivity index (χ0n) is 15.1. The SMILES string of the molecule is O=C(OCc1ccccc1)C(C(=O)OCc1ccccc1)c1nc(Cl)cc(Cl)n1. The monoisotopic (exact) mass is 430 g/mol. The highest BCUT2D eigenvalue weighted by Gasteiger charge is 2.35. The van der Waals surface area contributed by atoms with Crippen molar-refractivity contribution in [2.75, 3.05) is 0 Å². The molecule has 8 heteroatoms. The summed E-state index contributed by atoms with van der Waals surface area (Å²) in [5, 5.41) is -0.00608. The minimum absolute atomic E-state index is 0.00304. The first kappa shape index (κ1) is 20.8. The van der Waals surface area contributed by atoms with Crippen molar-refractivity contribution in [3.05, 3.63) is 94.0 Å². The summed E-state index contributed by atoms with van der Waals surface area (Å²) in [5.74, 6) is -3.41. The minimum Gasteiger partial charge on any atom is -0.460 e. The second-order valence-electron chi connectivity index (χ2n) is 5.99. The van der Waals surface area contributed by atoms with Crippen molar-refractivity contribution in [3.8, 4) is 0 Å². The number of nitrogens with zero attached hydrogens (tertiary/aromatic N) is 2. The average molecular weight is 431 g/mol. The highest BCUT2D eigenvalue weighted by atomic mass is 35.5. The van der Waals surface area contributed by atoms with Crippen LogP contribution in [0.2, 0.25) is 10.3 Å². The van der Waals surface area contributed by atoms with Crippen LogP contribution in [0, 0.1) is 0 Å². The predicted molar refractivity (Wildman–Crippen MR) is 107 cm³/mol. The summed E-state index contributed by atoms with van der Waals surface area (Å²) in [6.07, 6.45) is 0. The van der Waals surface area contributed by atoms with Gasteiger partial charge in [-0.25, -0.2) is 9.97 Å². The Morgan fingerprint density at radius 1 is 0.759 bits per heavy atom. The van der Waals surface area contributed by atoms with Crippen LogP contribution in [0.25, 0.3) is 0 Å². The van der Waals surface area contributed by atoms with Gasteiger partial charge in [-0.15, -0.1) is 0 Å². The lowest BCUT2D eigenvalue weighted by molar-refractivity contribution is -0.159. The molecule has 0 aliphatic rings. The molecule has 1 aromatic heterocycles. The molecule has 29 heavy (non-hydrogen) atoms. The Labute approximate surface area is 177 Å². The van der Waals surface area contributed by atoms with E-state index in [1.165, 1.54) is 6.07 Å². The molecular formula is C21H16Cl2N2O4. The van der Waals surface area contributed by atoms with Crippen LogP contribution in [0.15, 0.2) is 66.7 Å². The number of rotatable bonds is 7. The van der Waals surface area contributed by atoms with Crippen molar-refractivity contribution < 1.29 is 19.1 Å². The number of hydrogen-bond acceptors (Lipinski definition) is 6. The molecule has 0 N–H and O–H groups in total. The van der Waals surface area contributed by atoms with Gasteiger partial charge in [-0.2, -0.15) is 0 Å². The van der Waals surface area contributed by atoms with Gasteiger partial charge in [0.25, 0.3) is 0 Å². The highest BCUT2D eigenvalue weighted by molar-refractivity contribution is 6.33. The lowest BCUT2D eigenvalue weighted by Gasteiger charge is -2.15. The molecule has 0 radical (unpaired) electrons.